The van der Waals surface area contributed by atoms with Crippen molar-refractivity contribution in [3.63, 3.8) is 0 Å². The predicted octanol–water partition coefficient (Wildman–Crippen LogP) is 6.66. The quantitative estimate of drug-likeness (QED) is 0.156. The van der Waals surface area contributed by atoms with E-state index in [9.17, 15) is 0 Å². The molecule has 6 aromatic rings. The zero-order chi connectivity index (χ0) is 25.2. The second-order valence-electron chi connectivity index (χ2n) is 8.55. The summed E-state index contributed by atoms with van der Waals surface area (Å²) in [5.41, 5.74) is 3.13. The van der Waals surface area contributed by atoms with Crippen molar-refractivity contribution in [2.75, 3.05) is 6.26 Å². The molecule has 1 N–H and O–H groups in total. The fourth-order valence-electron chi connectivity index (χ4n) is 5.07. The summed E-state index contributed by atoms with van der Waals surface area (Å²) in [6, 6.07) is 31.8. The van der Waals surface area contributed by atoms with E-state index in [-0.39, 0.29) is 0 Å². The first-order chi connectivity index (χ1) is 18.2. The number of nitrogens with zero attached hydrogens (tertiary/aromatic N) is 4. The highest BCUT2D eigenvalue weighted by Gasteiger charge is 2.43. The Labute approximate surface area is 217 Å². The molecule has 0 aliphatic rings. The van der Waals surface area contributed by atoms with Gasteiger partial charge < -0.3 is 0 Å². The van der Waals surface area contributed by atoms with Crippen LogP contribution in [-0.4, -0.2) is 31.4 Å². The summed E-state index contributed by atoms with van der Waals surface area (Å²) < 4.78 is 16.4. The Morgan fingerprint density at radius 3 is 1.86 bits per heavy atom. The predicted molar refractivity (Wildman–Crippen MR) is 145 cm³/mol. The van der Waals surface area contributed by atoms with E-state index in [2.05, 4.69) is 25.1 Å². The molecule has 0 fully saturated rings. The summed E-state index contributed by atoms with van der Waals surface area (Å²) in [5.74, 6) is -0.00110. The molecule has 0 atom stereocenters. The number of hydrogen-bond acceptors (Lipinski definition) is 5. The number of thioether (sulfide) groups is 1. The van der Waals surface area contributed by atoms with Gasteiger partial charge in [0.25, 0.3) is 0 Å². The van der Waals surface area contributed by atoms with Crippen LogP contribution in [0.4, 0.5) is 4.39 Å². The SMILES string of the molecule is CSc1ccnc(-c2[nH]nc3ncc(F)c(C(c4ccccc4)(c4ccccc4)c4ccccc4)c23)n1. The van der Waals surface area contributed by atoms with E-state index in [1.54, 1.807) is 6.20 Å². The molecule has 5 nitrogen and oxygen atoms in total. The first-order valence-corrected chi connectivity index (χ1v) is 13.0. The van der Waals surface area contributed by atoms with Gasteiger partial charge in [-0.2, -0.15) is 5.10 Å². The molecule has 0 saturated heterocycles. The van der Waals surface area contributed by atoms with E-state index in [1.165, 1.54) is 18.0 Å². The highest BCUT2D eigenvalue weighted by Crippen LogP contribution is 2.49. The number of fused-ring (bicyclic) bond motifs is 1. The maximum absolute atomic E-state index is 16.4. The lowest BCUT2D eigenvalue weighted by molar-refractivity contribution is 0.580. The normalized spacial score (nSPS) is 11.6. The molecule has 3 heterocycles. The van der Waals surface area contributed by atoms with Crippen molar-refractivity contribution >= 4 is 22.8 Å². The van der Waals surface area contributed by atoms with Crippen LogP contribution in [0.25, 0.3) is 22.6 Å². The van der Waals surface area contributed by atoms with Crippen LogP contribution in [0.2, 0.25) is 0 Å². The largest absolute Gasteiger partial charge is 0.272 e. The molecule has 0 saturated carbocycles. The van der Waals surface area contributed by atoms with Crippen molar-refractivity contribution in [2.24, 2.45) is 0 Å². The van der Waals surface area contributed by atoms with Crippen molar-refractivity contribution in [3.8, 4) is 11.5 Å². The summed E-state index contributed by atoms with van der Waals surface area (Å²) in [4.78, 5) is 13.5. The van der Waals surface area contributed by atoms with Gasteiger partial charge in [0.05, 0.1) is 22.0 Å². The second kappa shape index (κ2) is 9.59. The summed E-state index contributed by atoms with van der Waals surface area (Å²) in [6.45, 7) is 0. The average molecular weight is 504 g/mol. The van der Waals surface area contributed by atoms with Gasteiger partial charge in [0.1, 0.15) is 11.5 Å². The number of pyridine rings is 1. The maximum atomic E-state index is 16.4. The zero-order valence-electron chi connectivity index (χ0n) is 20.0. The Balaban J connectivity index is 1.81. The maximum Gasteiger partial charge on any atom is 0.182 e. The average Bonchev–Trinajstić information content (AvgIpc) is 3.40. The summed E-state index contributed by atoms with van der Waals surface area (Å²) in [6.07, 6.45) is 4.91. The number of aromatic nitrogens is 5. The molecule has 0 unspecified atom stereocenters. The number of H-pyrrole nitrogens is 1. The molecule has 0 radical (unpaired) electrons. The molecule has 0 spiro atoms. The first kappa shape index (κ1) is 23.1. The molecule has 3 aromatic heterocycles. The third kappa shape index (κ3) is 3.79. The van der Waals surface area contributed by atoms with Crippen LogP contribution in [0.3, 0.4) is 0 Å². The van der Waals surface area contributed by atoms with Gasteiger partial charge in [-0.1, -0.05) is 91.0 Å². The van der Waals surface area contributed by atoms with Gasteiger partial charge in [-0.25, -0.2) is 19.3 Å². The van der Waals surface area contributed by atoms with Crippen LogP contribution in [0.15, 0.2) is 114 Å². The second-order valence-corrected chi connectivity index (χ2v) is 9.38. The standard InChI is InChI=1S/C30H22FN5S/c1-37-24-17-18-32-29(34-24)27-25-26(23(31)19-33-28(25)36-35-27)30(20-11-5-2-6-12-20,21-13-7-3-8-14-21)22-15-9-4-10-16-22/h2-19H,1H3,(H,33,35,36). The third-order valence-electron chi connectivity index (χ3n) is 6.59. The van der Waals surface area contributed by atoms with E-state index in [0.717, 1.165) is 21.7 Å². The molecule has 0 amide bonds. The lowest BCUT2D eigenvalue weighted by Gasteiger charge is -2.37. The van der Waals surface area contributed by atoms with Crippen molar-refractivity contribution in [1.82, 2.24) is 25.1 Å². The van der Waals surface area contributed by atoms with Crippen molar-refractivity contribution < 1.29 is 4.39 Å². The first-order valence-electron chi connectivity index (χ1n) is 11.8. The summed E-state index contributed by atoms with van der Waals surface area (Å²) >= 11 is 1.51. The van der Waals surface area contributed by atoms with Crippen molar-refractivity contribution in [2.45, 2.75) is 10.4 Å². The molecule has 0 bridgehead atoms. The molecule has 0 aliphatic carbocycles. The molecule has 6 rings (SSSR count). The monoisotopic (exact) mass is 503 g/mol. The Morgan fingerprint density at radius 2 is 1.32 bits per heavy atom. The number of benzene rings is 3. The van der Waals surface area contributed by atoms with E-state index in [0.29, 0.717) is 28.1 Å². The van der Waals surface area contributed by atoms with Gasteiger partial charge in [-0.15, -0.1) is 11.8 Å². The lowest BCUT2D eigenvalue weighted by Crippen LogP contribution is -2.32. The Hall–Kier alpha value is -4.36. The minimum atomic E-state index is -1.01. The molecular weight excluding hydrogens is 481 g/mol. The number of halogens is 1. The molecule has 3 aromatic carbocycles. The van der Waals surface area contributed by atoms with Crippen LogP contribution in [0.5, 0.6) is 0 Å². The summed E-state index contributed by atoms with van der Waals surface area (Å²) in [7, 11) is 0. The fraction of sp³-hybridized carbons (Fsp3) is 0.0667. The van der Waals surface area contributed by atoms with Crippen LogP contribution in [0, 0.1) is 5.82 Å². The van der Waals surface area contributed by atoms with Crippen molar-refractivity contribution in [3.05, 3.63) is 138 Å². The van der Waals surface area contributed by atoms with Crippen LogP contribution in [-0.2, 0) is 5.41 Å². The van der Waals surface area contributed by atoms with Crippen molar-refractivity contribution in [1.29, 1.82) is 0 Å². The lowest BCUT2D eigenvalue weighted by atomic mass is 9.64. The van der Waals surface area contributed by atoms with Crippen LogP contribution >= 0.6 is 11.8 Å². The van der Waals surface area contributed by atoms with E-state index in [1.807, 2.05) is 103 Å². The van der Waals surface area contributed by atoms with Gasteiger partial charge in [0.2, 0.25) is 0 Å². The Bertz CT molecular complexity index is 1570. The Kier molecular flexibility index (Phi) is 5.98. The topological polar surface area (TPSA) is 67.3 Å². The minimum absolute atomic E-state index is 0.400. The van der Waals surface area contributed by atoms with Crippen LogP contribution < -0.4 is 0 Å². The van der Waals surface area contributed by atoms with Gasteiger partial charge in [0, 0.05) is 11.8 Å². The fourth-order valence-corrected chi connectivity index (χ4v) is 5.44. The van der Waals surface area contributed by atoms with Gasteiger partial charge in [0.15, 0.2) is 11.5 Å². The third-order valence-corrected chi connectivity index (χ3v) is 7.24. The van der Waals surface area contributed by atoms with E-state index in [4.69, 9.17) is 0 Å². The van der Waals surface area contributed by atoms with E-state index < -0.39 is 11.2 Å². The molecule has 180 valence electrons. The highest BCUT2D eigenvalue weighted by atomic mass is 32.2. The number of aromatic amines is 1. The Morgan fingerprint density at radius 1 is 0.757 bits per heavy atom. The molecule has 7 heteroatoms. The smallest absolute Gasteiger partial charge is 0.182 e. The zero-order valence-corrected chi connectivity index (χ0v) is 20.8. The molecule has 37 heavy (non-hydrogen) atoms. The number of rotatable bonds is 6. The van der Waals surface area contributed by atoms with Gasteiger partial charge in [-0.3, -0.25) is 5.10 Å². The van der Waals surface area contributed by atoms with Crippen LogP contribution in [0.1, 0.15) is 22.3 Å². The minimum Gasteiger partial charge on any atom is -0.272 e. The van der Waals surface area contributed by atoms with Gasteiger partial charge in [-0.05, 0) is 29.0 Å². The number of nitrogens with one attached hydrogen (secondary N) is 1. The highest BCUT2D eigenvalue weighted by molar-refractivity contribution is 7.98. The molecular formula is C30H22FN5S. The molecule has 0 aliphatic heterocycles. The number of hydrogen-bond donors (Lipinski definition) is 1. The summed E-state index contributed by atoms with van der Waals surface area (Å²) in [5, 5.41) is 8.87. The van der Waals surface area contributed by atoms with Gasteiger partial charge >= 0.3 is 0 Å². The van der Waals surface area contributed by atoms with E-state index >= 15 is 4.39 Å².